The maximum atomic E-state index is 12.1. The van der Waals surface area contributed by atoms with Gasteiger partial charge in [0.1, 0.15) is 6.61 Å². The van der Waals surface area contributed by atoms with E-state index in [2.05, 4.69) is 31.8 Å². The first-order valence-electron chi connectivity index (χ1n) is 10.4. The van der Waals surface area contributed by atoms with Crippen LogP contribution < -0.4 is 20.2 Å². The third-order valence-corrected chi connectivity index (χ3v) is 5.35. The van der Waals surface area contributed by atoms with Gasteiger partial charge in [-0.05, 0) is 71.2 Å². The molecule has 10 heteroatoms. The van der Waals surface area contributed by atoms with Crippen LogP contribution in [0.5, 0.6) is 11.5 Å². The number of halogens is 1. The molecular weight excluding hydrogens is 504 g/mol. The van der Waals surface area contributed by atoms with Crippen molar-refractivity contribution in [1.82, 2.24) is 5.43 Å². The van der Waals surface area contributed by atoms with E-state index >= 15 is 0 Å². The van der Waals surface area contributed by atoms with Crippen molar-refractivity contribution in [3.8, 4) is 11.5 Å². The standard InChI is InChI=1S/C24H23BrN4O5/c1-3-33-22-12-18(14-26-28-24(30)27-21-7-5-4-6-16(21)2)20(25)13-23(22)34-15-17-8-10-19(11-9-17)29(31)32/h4-14H,3,15H2,1-2H3,(H2,27,28,30). The number of para-hydroxylation sites is 1. The van der Waals surface area contributed by atoms with Gasteiger partial charge in [-0.2, -0.15) is 5.10 Å². The number of hydrazone groups is 1. The molecule has 3 rings (SSSR count). The summed E-state index contributed by atoms with van der Waals surface area (Å²) in [6.07, 6.45) is 1.49. The summed E-state index contributed by atoms with van der Waals surface area (Å²) in [5.74, 6) is 0.993. The molecule has 2 amide bonds. The van der Waals surface area contributed by atoms with Crippen LogP contribution in [0.1, 0.15) is 23.6 Å². The highest BCUT2D eigenvalue weighted by Gasteiger charge is 2.12. The first-order valence-corrected chi connectivity index (χ1v) is 11.1. The molecule has 0 heterocycles. The molecule has 0 aliphatic heterocycles. The molecule has 0 saturated carbocycles. The Morgan fingerprint density at radius 3 is 2.50 bits per heavy atom. The fraction of sp³-hybridized carbons (Fsp3) is 0.167. The van der Waals surface area contributed by atoms with Crippen molar-refractivity contribution in [1.29, 1.82) is 0 Å². The molecule has 2 N–H and O–H groups in total. The van der Waals surface area contributed by atoms with Crippen LogP contribution in [0, 0.1) is 17.0 Å². The lowest BCUT2D eigenvalue weighted by Crippen LogP contribution is -2.24. The molecule has 34 heavy (non-hydrogen) atoms. The Morgan fingerprint density at radius 2 is 1.82 bits per heavy atom. The van der Waals surface area contributed by atoms with Gasteiger partial charge in [-0.3, -0.25) is 10.1 Å². The van der Waals surface area contributed by atoms with Crippen LogP contribution >= 0.6 is 15.9 Å². The van der Waals surface area contributed by atoms with E-state index in [9.17, 15) is 14.9 Å². The van der Waals surface area contributed by atoms with Gasteiger partial charge in [0.05, 0.1) is 17.7 Å². The molecule has 0 radical (unpaired) electrons. The quantitative estimate of drug-likeness (QED) is 0.207. The van der Waals surface area contributed by atoms with E-state index in [0.717, 1.165) is 11.1 Å². The minimum Gasteiger partial charge on any atom is -0.490 e. The van der Waals surface area contributed by atoms with E-state index in [4.69, 9.17) is 9.47 Å². The summed E-state index contributed by atoms with van der Waals surface area (Å²) >= 11 is 3.48. The van der Waals surface area contributed by atoms with Gasteiger partial charge in [0.15, 0.2) is 11.5 Å². The van der Waals surface area contributed by atoms with Crippen molar-refractivity contribution in [2.24, 2.45) is 5.10 Å². The SMILES string of the molecule is CCOc1cc(C=NNC(=O)Nc2ccccc2C)c(Br)cc1OCc1ccc([N+](=O)[O-])cc1. The third kappa shape index (κ3) is 6.79. The minimum absolute atomic E-state index is 0.0198. The molecule has 9 nitrogen and oxygen atoms in total. The molecule has 0 atom stereocenters. The van der Waals surface area contributed by atoms with E-state index in [1.807, 2.05) is 32.0 Å². The average molecular weight is 527 g/mol. The zero-order valence-electron chi connectivity index (χ0n) is 18.6. The Morgan fingerprint density at radius 1 is 1.12 bits per heavy atom. The van der Waals surface area contributed by atoms with Crippen molar-refractivity contribution in [3.63, 3.8) is 0 Å². The van der Waals surface area contributed by atoms with Crippen molar-refractivity contribution < 1.29 is 19.2 Å². The number of non-ortho nitro benzene ring substituents is 1. The zero-order valence-corrected chi connectivity index (χ0v) is 20.2. The summed E-state index contributed by atoms with van der Waals surface area (Å²) < 4.78 is 12.3. The molecule has 3 aromatic rings. The second kappa shape index (κ2) is 11.8. The van der Waals surface area contributed by atoms with Crippen molar-refractivity contribution in [3.05, 3.63) is 91.9 Å². The molecule has 176 valence electrons. The number of aryl methyl sites for hydroxylation is 1. The monoisotopic (exact) mass is 526 g/mol. The highest BCUT2D eigenvalue weighted by molar-refractivity contribution is 9.10. The van der Waals surface area contributed by atoms with Gasteiger partial charge in [-0.25, -0.2) is 10.2 Å². The van der Waals surface area contributed by atoms with E-state index in [1.54, 1.807) is 30.3 Å². The third-order valence-electron chi connectivity index (χ3n) is 4.67. The van der Waals surface area contributed by atoms with E-state index in [-0.39, 0.29) is 12.3 Å². The topological polar surface area (TPSA) is 115 Å². The molecule has 0 spiro atoms. The van der Waals surface area contributed by atoms with Crippen LogP contribution in [-0.4, -0.2) is 23.8 Å². The Kier molecular flexibility index (Phi) is 8.58. The number of ether oxygens (including phenoxy) is 2. The number of rotatable bonds is 9. The number of nitrogens with zero attached hydrogens (tertiary/aromatic N) is 2. The van der Waals surface area contributed by atoms with Gasteiger partial charge in [0, 0.05) is 27.9 Å². The molecule has 0 aliphatic carbocycles. The molecular formula is C24H23BrN4O5. The van der Waals surface area contributed by atoms with Gasteiger partial charge in [-0.15, -0.1) is 0 Å². The van der Waals surface area contributed by atoms with Gasteiger partial charge in [0.2, 0.25) is 0 Å². The van der Waals surface area contributed by atoms with Crippen LogP contribution in [0.25, 0.3) is 0 Å². The number of anilines is 1. The van der Waals surface area contributed by atoms with Gasteiger partial charge >= 0.3 is 6.03 Å². The van der Waals surface area contributed by atoms with Gasteiger partial charge in [-0.1, -0.05) is 18.2 Å². The molecule has 3 aromatic carbocycles. The number of nitrogens with one attached hydrogen (secondary N) is 2. The Balaban J connectivity index is 1.66. The normalized spacial score (nSPS) is 10.7. The smallest absolute Gasteiger partial charge is 0.339 e. The number of nitro groups is 1. The summed E-state index contributed by atoms with van der Waals surface area (Å²) in [6.45, 7) is 4.38. The van der Waals surface area contributed by atoms with Gasteiger partial charge in [0.25, 0.3) is 5.69 Å². The fourth-order valence-electron chi connectivity index (χ4n) is 2.93. The van der Waals surface area contributed by atoms with Crippen LogP contribution in [-0.2, 0) is 6.61 Å². The minimum atomic E-state index is -0.463. The zero-order chi connectivity index (χ0) is 24.5. The van der Waals surface area contributed by atoms with Crippen LogP contribution in [0.3, 0.4) is 0 Å². The number of carbonyl (C=O) groups is 1. The molecule has 0 bridgehead atoms. The lowest BCUT2D eigenvalue weighted by atomic mass is 10.2. The summed E-state index contributed by atoms with van der Waals surface area (Å²) in [5.41, 5.74) is 5.54. The average Bonchev–Trinajstić information content (AvgIpc) is 2.81. The fourth-order valence-corrected chi connectivity index (χ4v) is 3.35. The molecule has 0 aliphatic rings. The number of benzene rings is 3. The molecule has 0 unspecified atom stereocenters. The first-order chi connectivity index (χ1) is 16.4. The van der Waals surface area contributed by atoms with Crippen LogP contribution in [0.15, 0.2) is 70.2 Å². The summed E-state index contributed by atoms with van der Waals surface area (Å²) in [5, 5.41) is 17.5. The van der Waals surface area contributed by atoms with E-state index < -0.39 is 11.0 Å². The summed E-state index contributed by atoms with van der Waals surface area (Å²) in [4.78, 5) is 22.5. The van der Waals surface area contributed by atoms with Gasteiger partial charge < -0.3 is 14.8 Å². The Hall–Kier alpha value is -3.92. The number of nitro benzene ring substituents is 1. The Labute approximate surface area is 205 Å². The maximum absolute atomic E-state index is 12.1. The number of hydrogen-bond donors (Lipinski definition) is 2. The van der Waals surface area contributed by atoms with Crippen LogP contribution in [0.2, 0.25) is 0 Å². The maximum Gasteiger partial charge on any atom is 0.339 e. The number of carbonyl (C=O) groups excluding carboxylic acids is 1. The predicted molar refractivity (Wildman–Crippen MR) is 134 cm³/mol. The number of urea groups is 1. The predicted octanol–water partition coefficient (Wildman–Crippen LogP) is 5.80. The molecule has 0 saturated heterocycles. The molecule has 0 fully saturated rings. The van der Waals surface area contributed by atoms with Crippen LogP contribution in [0.4, 0.5) is 16.2 Å². The number of amides is 2. The summed E-state index contributed by atoms with van der Waals surface area (Å²) in [7, 11) is 0. The number of hydrogen-bond acceptors (Lipinski definition) is 6. The van der Waals surface area contributed by atoms with E-state index in [1.165, 1.54) is 18.3 Å². The lowest BCUT2D eigenvalue weighted by molar-refractivity contribution is -0.384. The highest BCUT2D eigenvalue weighted by Crippen LogP contribution is 2.34. The first kappa shape index (κ1) is 24.7. The second-order valence-electron chi connectivity index (χ2n) is 7.10. The molecule has 0 aromatic heterocycles. The lowest BCUT2D eigenvalue weighted by Gasteiger charge is -2.14. The van der Waals surface area contributed by atoms with Crippen molar-refractivity contribution >= 4 is 39.6 Å². The summed E-state index contributed by atoms with van der Waals surface area (Å²) in [6, 6.07) is 16.6. The van der Waals surface area contributed by atoms with Crippen molar-refractivity contribution in [2.75, 3.05) is 11.9 Å². The Bertz CT molecular complexity index is 1200. The largest absolute Gasteiger partial charge is 0.490 e. The van der Waals surface area contributed by atoms with Crippen molar-refractivity contribution in [2.45, 2.75) is 20.5 Å². The second-order valence-corrected chi connectivity index (χ2v) is 7.96. The van der Waals surface area contributed by atoms with E-state index in [0.29, 0.717) is 33.8 Å². The highest BCUT2D eigenvalue weighted by atomic mass is 79.9.